The van der Waals surface area contributed by atoms with E-state index in [1.54, 1.807) is 6.08 Å². The topological polar surface area (TPSA) is 50.3 Å². The van der Waals surface area contributed by atoms with Crippen LogP contribution in [0, 0.1) is 0 Å². The third-order valence-electron chi connectivity index (χ3n) is 2.81. The lowest BCUT2D eigenvalue weighted by atomic mass is 10.2. The van der Waals surface area contributed by atoms with Crippen molar-refractivity contribution in [2.24, 2.45) is 0 Å². The van der Waals surface area contributed by atoms with Crippen LogP contribution in [0.2, 0.25) is 0 Å². The van der Waals surface area contributed by atoms with Gasteiger partial charge in [0, 0.05) is 18.0 Å². The predicted molar refractivity (Wildman–Crippen MR) is 81.3 cm³/mol. The zero-order valence-corrected chi connectivity index (χ0v) is 12.2. The van der Waals surface area contributed by atoms with Crippen molar-refractivity contribution in [3.8, 4) is 10.6 Å². The lowest BCUT2D eigenvalue weighted by Gasteiger charge is -2.00. The van der Waals surface area contributed by atoms with Gasteiger partial charge < -0.3 is 0 Å². The van der Waals surface area contributed by atoms with Crippen molar-refractivity contribution < 1.29 is 9.59 Å². The molecule has 2 heterocycles. The molecule has 0 unspecified atom stereocenters. The zero-order valence-electron chi connectivity index (χ0n) is 10.6. The number of thioether (sulfide) groups is 1. The number of hydrogen-bond acceptors (Lipinski definition) is 5. The van der Waals surface area contributed by atoms with Gasteiger partial charge in [0.1, 0.15) is 5.01 Å². The van der Waals surface area contributed by atoms with Gasteiger partial charge in [-0.05, 0) is 17.8 Å². The minimum absolute atomic E-state index is 0.250. The number of thiazole rings is 1. The number of rotatable bonds is 2. The molecular weight excluding hydrogens is 292 g/mol. The van der Waals surface area contributed by atoms with Gasteiger partial charge in [0.15, 0.2) is 0 Å². The second-order valence-corrected chi connectivity index (χ2v) is 6.04. The van der Waals surface area contributed by atoms with Crippen LogP contribution >= 0.6 is 23.1 Å². The zero-order chi connectivity index (χ0) is 14.1. The summed E-state index contributed by atoms with van der Waals surface area (Å²) in [7, 11) is 1.48. The van der Waals surface area contributed by atoms with Crippen molar-refractivity contribution in [2.75, 3.05) is 7.05 Å². The highest BCUT2D eigenvalue weighted by Gasteiger charge is 2.31. The second kappa shape index (κ2) is 5.22. The van der Waals surface area contributed by atoms with Gasteiger partial charge in [-0.3, -0.25) is 14.5 Å². The van der Waals surface area contributed by atoms with Gasteiger partial charge in [-0.25, -0.2) is 4.98 Å². The molecule has 1 fully saturated rings. The highest BCUT2D eigenvalue weighted by atomic mass is 32.2. The van der Waals surface area contributed by atoms with Crippen LogP contribution in [0.3, 0.4) is 0 Å². The molecule has 0 saturated carbocycles. The highest BCUT2D eigenvalue weighted by Crippen LogP contribution is 2.32. The molecule has 0 radical (unpaired) electrons. The summed E-state index contributed by atoms with van der Waals surface area (Å²) in [6.07, 6.45) is 1.66. The largest absolute Gasteiger partial charge is 0.293 e. The number of aromatic nitrogens is 1. The van der Waals surface area contributed by atoms with Gasteiger partial charge in [-0.1, -0.05) is 30.3 Å². The summed E-state index contributed by atoms with van der Waals surface area (Å²) in [5.41, 5.74) is 1.74. The van der Waals surface area contributed by atoms with Crippen LogP contribution in [0.15, 0.2) is 40.6 Å². The molecule has 1 aromatic heterocycles. The third-order valence-corrected chi connectivity index (χ3v) is 4.68. The van der Waals surface area contributed by atoms with Crippen LogP contribution in [0.5, 0.6) is 0 Å². The summed E-state index contributed by atoms with van der Waals surface area (Å²) in [6.45, 7) is 0. The van der Waals surface area contributed by atoms with Crippen LogP contribution in [0.1, 0.15) is 5.69 Å². The van der Waals surface area contributed by atoms with E-state index in [4.69, 9.17) is 0 Å². The fourth-order valence-electron chi connectivity index (χ4n) is 1.75. The number of benzene rings is 1. The van der Waals surface area contributed by atoms with Gasteiger partial charge >= 0.3 is 0 Å². The van der Waals surface area contributed by atoms with Crippen molar-refractivity contribution in [1.29, 1.82) is 0 Å². The van der Waals surface area contributed by atoms with Gasteiger partial charge in [0.2, 0.25) is 0 Å². The van der Waals surface area contributed by atoms with E-state index in [-0.39, 0.29) is 11.1 Å². The molecule has 1 aliphatic rings. The number of imide groups is 1. The molecule has 0 aliphatic carbocycles. The number of carbonyl (C=O) groups excluding carboxylic acids is 2. The Balaban J connectivity index is 1.89. The van der Waals surface area contributed by atoms with Crippen LogP contribution in [0.25, 0.3) is 16.6 Å². The Hall–Kier alpha value is -1.92. The molecular formula is C14H10N2O2S2. The lowest BCUT2D eigenvalue weighted by molar-refractivity contribution is -0.121. The maximum absolute atomic E-state index is 11.8. The Morgan fingerprint density at radius 3 is 2.60 bits per heavy atom. The molecule has 1 aromatic carbocycles. The van der Waals surface area contributed by atoms with Crippen molar-refractivity contribution in [2.45, 2.75) is 0 Å². The molecule has 1 aliphatic heterocycles. The molecule has 100 valence electrons. The molecule has 20 heavy (non-hydrogen) atoms. The maximum Gasteiger partial charge on any atom is 0.293 e. The van der Waals surface area contributed by atoms with E-state index in [2.05, 4.69) is 4.98 Å². The molecule has 0 atom stereocenters. The molecule has 6 heteroatoms. The number of carbonyl (C=O) groups is 2. The molecule has 3 rings (SSSR count). The average Bonchev–Trinajstić information content (AvgIpc) is 3.02. The maximum atomic E-state index is 11.8. The molecule has 0 spiro atoms. The first-order valence-electron chi connectivity index (χ1n) is 5.87. The Bertz CT molecular complexity index is 707. The minimum Gasteiger partial charge on any atom is -0.272 e. The molecule has 0 bridgehead atoms. The van der Waals surface area contributed by atoms with Crippen molar-refractivity contribution >= 4 is 40.3 Å². The summed E-state index contributed by atoms with van der Waals surface area (Å²) in [4.78, 5) is 29.2. The Kier molecular flexibility index (Phi) is 3.42. The van der Waals surface area contributed by atoms with Crippen LogP contribution in [-0.4, -0.2) is 28.1 Å². The summed E-state index contributed by atoms with van der Waals surface area (Å²) in [5.74, 6) is -0.269. The summed E-state index contributed by atoms with van der Waals surface area (Å²) < 4.78 is 0. The van der Waals surface area contributed by atoms with E-state index in [0.717, 1.165) is 27.2 Å². The molecule has 0 N–H and O–H groups in total. The predicted octanol–water partition coefficient (Wildman–Crippen LogP) is 3.48. The normalized spacial score (nSPS) is 17.2. The van der Waals surface area contributed by atoms with E-state index in [0.29, 0.717) is 10.6 Å². The SMILES string of the molecule is CN1C(=O)S/C(=C\c2csc(-c3ccccc3)n2)C1=O. The highest BCUT2D eigenvalue weighted by molar-refractivity contribution is 8.18. The van der Waals surface area contributed by atoms with Crippen LogP contribution in [0.4, 0.5) is 4.79 Å². The van der Waals surface area contributed by atoms with E-state index in [1.165, 1.54) is 18.4 Å². The Morgan fingerprint density at radius 2 is 1.95 bits per heavy atom. The molecule has 2 amide bonds. The Morgan fingerprint density at radius 1 is 1.20 bits per heavy atom. The first kappa shape index (κ1) is 13.1. The lowest BCUT2D eigenvalue weighted by Crippen LogP contribution is -2.22. The molecule has 1 saturated heterocycles. The van der Waals surface area contributed by atoms with Crippen molar-refractivity contribution in [3.05, 3.63) is 46.3 Å². The minimum atomic E-state index is -0.269. The Labute approximate surface area is 124 Å². The van der Waals surface area contributed by atoms with Crippen molar-refractivity contribution in [1.82, 2.24) is 9.88 Å². The van der Waals surface area contributed by atoms with E-state index >= 15 is 0 Å². The fourth-order valence-corrected chi connectivity index (χ4v) is 3.34. The summed E-state index contributed by atoms with van der Waals surface area (Å²) in [6, 6.07) is 9.85. The van der Waals surface area contributed by atoms with Gasteiger partial charge in [-0.2, -0.15) is 0 Å². The summed E-state index contributed by atoms with van der Waals surface area (Å²) >= 11 is 2.46. The number of hydrogen-bond donors (Lipinski definition) is 0. The standard InChI is InChI=1S/C14H10N2O2S2/c1-16-13(17)11(20-14(16)18)7-10-8-19-12(15-10)9-5-3-2-4-6-9/h2-8H,1H3/b11-7-. The molecule has 4 nitrogen and oxygen atoms in total. The summed E-state index contributed by atoms with van der Waals surface area (Å²) in [5, 5.41) is 2.53. The monoisotopic (exact) mass is 302 g/mol. The second-order valence-electron chi connectivity index (χ2n) is 4.18. The molecule has 2 aromatic rings. The first-order valence-corrected chi connectivity index (χ1v) is 7.57. The first-order chi connectivity index (χ1) is 9.65. The number of likely N-dealkylation sites (N-methyl/N-ethyl adjacent to an activating group) is 1. The van der Waals surface area contributed by atoms with Crippen molar-refractivity contribution in [3.63, 3.8) is 0 Å². The van der Waals surface area contributed by atoms with E-state index in [9.17, 15) is 9.59 Å². The average molecular weight is 302 g/mol. The smallest absolute Gasteiger partial charge is 0.272 e. The third kappa shape index (κ3) is 2.39. The van der Waals surface area contributed by atoms with Gasteiger partial charge in [-0.15, -0.1) is 11.3 Å². The van der Waals surface area contributed by atoms with Gasteiger partial charge in [0.25, 0.3) is 11.1 Å². The van der Waals surface area contributed by atoms with E-state index < -0.39 is 0 Å². The fraction of sp³-hybridized carbons (Fsp3) is 0.0714. The van der Waals surface area contributed by atoms with Crippen LogP contribution < -0.4 is 0 Å². The quantitative estimate of drug-likeness (QED) is 0.797. The van der Waals surface area contributed by atoms with Gasteiger partial charge in [0.05, 0.1) is 10.6 Å². The van der Waals surface area contributed by atoms with E-state index in [1.807, 2.05) is 35.7 Å². The number of nitrogens with zero attached hydrogens (tertiary/aromatic N) is 2. The number of amides is 2. The van der Waals surface area contributed by atoms with Crippen LogP contribution in [-0.2, 0) is 4.79 Å².